The zero-order chi connectivity index (χ0) is 15.6. The van der Waals surface area contributed by atoms with Gasteiger partial charge in [-0.1, -0.05) is 44.2 Å². The molecule has 0 aliphatic carbocycles. The number of cyclic esters (lactones) is 2. The Morgan fingerprint density at radius 1 is 1.29 bits per heavy atom. The number of hydrogen-bond acceptors (Lipinski definition) is 5. The average Bonchev–Trinajstić information content (AvgIpc) is 2.50. The van der Waals surface area contributed by atoms with Crippen molar-refractivity contribution in [1.29, 1.82) is 0 Å². The van der Waals surface area contributed by atoms with Gasteiger partial charge in [0, 0.05) is 11.5 Å². The SMILES string of the molecule is CCC(C)C(=O)[C@H]1OC(=O)[C@](C)(c2ccccc2)OC1=O. The maximum absolute atomic E-state index is 12.2. The fourth-order valence-electron chi connectivity index (χ4n) is 2.13. The Labute approximate surface area is 123 Å². The lowest BCUT2D eigenvalue weighted by Crippen LogP contribution is -2.53. The second-order valence-electron chi connectivity index (χ2n) is 5.32. The third-order valence-corrected chi connectivity index (χ3v) is 3.81. The van der Waals surface area contributed by atoms with E-state index in [9.17, 15) is 14.4 Å². The van der Waals surface area contributed by atoms with E-state index in [1.807, 2.05) is 6.92 Å². The van der Waals surface area contributed by atoms with Crippen molar-refractivity contribution in [3.63, 3.8) is 0 Å². The molecule has 2 rings (SSSR count). The van der Waals surface area contributed by atoms with E-state index in [1.165, 1.54) is 6.92 Å². The van der Waals surface area contributed by atoms with Crippen LogP contribution in [0.1, 0.15) is 32.8 Å². The van der Waals surface area contributed by atoms with Crippen molar-refractivity contribution in [1.82, 2.24) is 0 Å². The first-order chi connectivity index (χ1) is 9.90. The van der Waals surface area contributed by atoms with Crippen LogP contribution in [-0.4, -0.2) is 23.8 Å². The van der Waals surface area contributed by atoms with Crippen LogP contribution in [0.4, 0.5) is 0 Å². The molecular weight excluding hydrogens is 272 g/mol. The fourth-order valence-corrected chi connectivity index (χ4v) is 2.13. The minimum absolute atomic E-state index is 0.364. The Morgan fingerprint density at radius 2 is 1.90 bits per heavy atom. The van der Waals surface area contributed by atoms with Gasteiger partial charge >= 0.3 is 11.9 Å². The van der Waals surface area contributed by atoms with Gasteiger partial charge in [-0.05, 0) is 13.3 Å². The predicted molar refractivity (Wildman–Crippen MR) is 74.2 cm³/mol. The first-order valence-electron chi connectivity index (χ1n) is 6.93. The summed E-state index contributed by atoms with van der Waals surface area (Å²) in [4.78, 5) is 36.4. The summed E-state index contributed by atoms with van der Waals surface area (Å²) in [5.74, 6) is -2.33. The number of benzene rings is 1. The summed E-state index contributed by atoms with van der Waals surface area (Å²) >= 11 is 0. The van der Waals surface area contributed by atoms with Gasteiger partial charge in [0.2, 0.25) is 5.60 Å². The van der Waals surface area contributed by atoms with Crippen molar-refractivity contribution >= 4 is 17.7 Å². The molecule has 0 N–H and O–H groups in total. The second-order valence-corrected chi connectivity index (χ2v) is 5.32. The van der Waals surface area contributed by atoms with E-state index in [0.29, 0.717) is 12.0 Å². The second kappa shape index (κ2) is 5.68. The maximum atomic E-state index is 12.2. The molecule has 0 spiro atoms. The van der Waals surface area contributed by atoms with E-state index in [1.54, 1.807) is 37.3 Å². The van der Waals surface area contributed by atoms with E-state index in [-0.39, 0.29) is 5.92 Å². The van der Waals surface area contributed by atoms with E-state index in [0.717, 1.165) is 0 Å². The Morgan fingerprint density at radius 3 is 2.48 bits per heavy atom. The molecule has 0 aromatic heterocycles. The summed E-state index contributed by atoms with van der Waals surface area (Å²) in [7, 11) is 0. The minimum atomic E-state index is -1.51. The Balaban J connectivity index is 2.26. The fraction of sp³-hybridized carbons (Fsp3) is 0.438. The van der Waals surface area contributed by atoms with Gasteiger partial charge in [-0.25, -0.2) is 9.59 Å². The molecule has 1 fully saturated rings. The molecular formula is C16H18O5. The molecule has 1 heterocycles. The van der Waals surface area contributed by atoms with Gasteiger partial charge < -0.3 is 9.47 Å². The Bertz CT molecular complexity index is 565. The number of carbonyl (C=O) groups excluding carboxylic acids is 3. The lowest BCUT2D eigenvalue weighted by molar-refractivity contribution is -0.210. The standard InChI is InChI=1S/C16H18O5/c1-4-10(2)12(17)13-14(18)21-16(3,15(19)20-13)11-8-6-5-7-9-11/h5-10,13H,4H2,1-3H3/t10?,13-,16+/m1/s1. The van der Waals surface area contributed by atoms with Crippen LogP contribution >= 0.6 is 0 Å². The highest BCUT2D eigenvalue weighted by atomic mass is 16.7. The number of rotatable bonds is 4. The van der Waals surface area contributed by atoms with Crippen LogP contribution in [0.5, 0.6) is 0 Å². The first kappa shape index (κ1) is 15.2. The molecule has 1 aromatic carbocycles. The number of esters is 2. The summed E-state index contributed by atoms with van der Waals surface area (Å²) in [6.07, 6.45) is -0.889. The molecule has 0 amide bonds. The number of carbonyl (C=O) groups is 3. The van der Waals surface area contributed by atoms with Crippen LogP contribution in [0.3, 0.4) is 0 Å². The largest absolute Gasteiger partial charge is 0.439 e. The summed E-state index contributed by atoms with van der Waals surface area (Å²) < 4.78 is 10.4. The van der Waals surface area contributed by atoms with Crippen molar-refractivity contribution in [3.8, 4) is 0 Å². The highest BCUT2D eigenvalue weighted by molar-refractivity contribution is 6.07. The van der Waals surface area contributed by atoms with Crippen molar-refractivity contribution in [3.05, 3.63) is 35.9 Å². The van der Waals surface area contributed by atoms with Crippen molar-refractivity contribution in [2.75, 3.05) is 0 Å². The van der Waals surface area contributed by atoms with Crippen LogP contribution in [0.25, 0.3) is 0 Å². The predicted octanol–water partition coefficient (Wildman–Crippen LogP) is 1.99. The molecule has 5 nitrogen and oxygen atoms in total. The summed E-state index contributed by atoms with van der Waals surface area (Å²) in [5, 5.41) is 0. The van der Waals surface area contributed by atoms with Crippen LogP contribution < -0.4 is 0 Å². The molecule has 0 saturated carbocycles. The quantitative estimate of drug-likeness (QED) is 0.626. The molecule has 1 aromatic rings. The van der Waals surface area contributed by atoms with Crippen LogP contribution in [0.15, 0.2) is 30.3 Å². The van der Waals surface area contributed by atoms with Crippen LogP contribution in [-0.2, 0) is 29.5 Å². The highest BCUT2D eigenvalue weighted by Crippen LogP contribution is 2.32. The molecule has 1 unspecified atom stereocenters. The molecule has 5 heteroatoms. The molecule has 1 aliphatic rings. The van der Waals surface area contributed by atoms with E-state index >= 15 is 0 Å². The average molecular weight is 290 g/mol. The van der Waals surface area contributed by atoms with Gasteiger partial charge in [-0.15, -0.1) is 0 Å². The van der Waals surface area contributed by atoms with Crippen molar-refractivity contribution < 1.29 is 23.9 Å². The number of ether oxygens (including phenoxy) is 2. The summed E-state index contributed by atoms with van der Waals surface area (Å²) in [6, 6.07) is 8.60. The van der Waals surface area contributed by atoms with Gasteiger partial charge in [-0.3, -0.25) is 4.79 Å². The van der Waals surface area contributed by atoms with E-state index < -0.39 is 29.4 Å². The van der Waals surface area contributed by atoms with Crippen LogP contribution in [0, 0.1) is 5.92 Å². The van der Waals surface area contributed by atoms with Gasteiger partial charge in [0.25, 0.3) is 6.10 Å². The molecule has 0 radical (unpaired) electrons. The van der Waals surface area contributed by atoms with Gasteiger partial charge in [0.05, 0.1) is 0 Å². The molecule has 0 bridgehead atoms. The zero-order valence-electron chi connectivity index (χ0n) is 12.3. The number of Topliss-reactive ketones (excluding diaryl/α,β-unsaturated/α-hetero) is 1. The summed E-state index contributed by atoms with van der Waals surface area (Å²) in [6.45, 7) is 4.98. The summed E-state index contributed by atoms with van der Waals surface area (Å²) in [5.41, 5.74) is -0.998. The number of hydrogen-bond donors (Lipinski definition) is 0. The number of ketones is 1. The smallest absolute Gasteiger partial charge is 0.356 e. The highest BCUT2D eigenvalue weighted by Gasteiger charge is 2.51. The molecule has 1 saturated heterocycles. The minimum Gasteiger partial charge on any atom is -0.439 e. The normalized spacial score (nSPS) is 26.7. The molecule has 21 heavy (non-hydrogen) atoms. The third kappa shape index (κ3) is 2.68. The van der Waals surface area contributed by atoms with Crippen LogP contribution in [0.2, 0.25) is 0 Å². The lowest BCUT2D eigenvalue weighted by Gasteiger charge is -2.35. The van der Waals surface area contributed by atoms with Gasteiger partial charge in [-0.2, -0.15) is 0 Å². The Kier molecular flexibility index (Phi) is 4.11. The van der Waals surface area contributed by atoms with E-state index in [2.05, 4.69) is 0 Å². The lowest BCUT2D eigenvalue weighted by atomic mass is 9.93. The van der Waals surface area contributed by atoms with Gasteiger partial charge in [0.1, 0.15) is 0 Å². The van der Waals surface area contributed by atoms with E-state index in [4.69, 9.17) is 9.47 Å². The maximum Gasteiger partial charge on any atom is 0.356 e. The van der Waals surface area contributed by atoms with Crippen molar-refractivity contribution in [2.45, 2.75) is 38.9 Å². The third-order valence-electron chi connectivity index (χ3n) is 3.81. The zero-order valence-corrected chi connectivity index (χ0v) is 12.3. The molecule has 1 aliphatic heterocycles. The molecule has 3 atom stereocenters. The monoisotopic (exact) mass is 290 g/mol. The Hall–Kier alpha value is -2.17. The van der Waals surface area contributed by atoms with Crippen molar-refractivity contribution in [2.24, 2.45) is 5.92 Å². The molecule has 112 valence electrons. The topological polar surface area (TPSA) is 69.7 Å². The first-order valence-corrected chi connectivity index (χ1v) is 6.93. The van der Waals surface area contributed by atoms with Gasteiger partial charge in [0.15, 0.2) is 5.78 Å².